The van der Waals surface area contributed by atoms with Gasteiger partial charge in [-0.15, -0.1) is 0 Å². The van der Waals surface area contributed by atoms with E-state index in [1.54, 1.807) is 0 Å². The average Bonchev–Trinajstić information content (AvgIpc) is 2.22. The molecule has 1 heterocycles. The molecule has 17 heavy (non-hydrogen) atoms. The van der Waals surface area contributed by atoms with E-state index in [9.17, 15) is 8.42 Å². The van der Waals surface area contributed by atoms with Gasteiger partial charge in [-0.3, -0.25) is 0 Å². The molecule has 1 aliphatic rings. The van der Waals surface area contributed by atoms with Gasteiger partial charge >= 0.3 is 0 Å². The van der Waals surface area contributed by atoms with E-state index in [0.29, 0.717) is 12.6 Å². The summed E-state index contributed by atoms with van der Waals surface area (Å²) >= 11 is 0. The molecule has 1 aliphatic heterocycles. The summed E-state index contributed by atoms with van der Waals surface area (Å²) in [6, 6.07) is 0.646. The molecule has 0 amide bonds. The summed E-state index contributed by atoms with van der Waals surface area (Å²) in [4.78, 5) is 0. The Kier molecular flexibility index (Phi) is 5.85. The number of rotatable bonds is 6. The number of nitrogens with one attached hydrogen (secondary N) is 2. The summed E-state index contributed by atoms with van der Waals surface area (Å²) < 4.78 is 31.4. The lowest BCUT2D eigenvalue weighted by atomic mass is 9.96. The van der Waals surface area contributed by atoms with Crippen LogP contribution >= 0.6 is 0 Å². The van der Waals surface area contributed by atoms with Crippen LogP contribution in [0.5, 0.6) is 0 Å². The maximum absolute atomic E-state index is 11.8. The maximum Gasteiger partial charge on any atom is 0.214 e. The lowest BCUT2D eigenvalue weighted by Crippen LogP contribution is -2.55. The fourth-order valence-corrected chi connectivity index (χ4v) is 3.33. The molecule has 1 rings (SSSR count). The van der Waals surface area contributed by atoms with Gasteiger partial charge in [-0.25, -0.2) is 13.1 Å². The Morgan fingerprint density at radius 1 is 1.35 bits per heavy atom. The second-order valence-electron chi connectivity index (χ2n) is 4.67. The summed E-state index contributed by atoms with van der Waals surface area (Å²) in [6.07, 6.45) is 1.90. The number of hydrogen-bond donors (Lipinski definition) is 2. The largest absolute Gasteiger partial charge is 0.381 e. The van der Waals surface area contributed by atoms with Crippen molar-refractivity contribution in [3.05, 3.63) is 0 Å². The molecule has 3 atom stereocenters. The van der Waals surface area contributed by atoms with Gasteiger partial charge in [0.1, 0.15) is 0 Å². The Hall–Kier alpha value is -0.170. The molecule has 3 unspecified atom stereocenters. The third kappa shape index (κ3) is 5.33. The van der Waals surface area contributed by atoms with E-state index < -0.39 is 10.0 Å². The van der Waals surface area contributed by atoms with Gasteiger partial charge in [-0.05, 0) is 33.6 Å². The fourth-order valence-electron chi connectivity index (χ4n) is 2.09. The Bertz CT molecular complexity index is 319. The molecule has 0 aromatic heterocycles. The second kappa shape index (κ2) is 6.68. The van der Waals surface area contributed by atoms with Gasteiger partial charge in [0, 0.05) is 24.7 Å². The predicted octanol–water partition coefficient (Wildman–Crippen LogP) is 0.471. The van der Waals surface area contributed by atoms with Crippen molar-refractivity contribution in [1.29, 1.82) is 0 Å². The van der Waals surface area contributed by atoms with Crippen LogP contribution in [0.1, 0.15) is 33.6 Å². The predicted molar refractivity (Wildman–Crippen MR) is 68.5 cm³/mol. The minimum atomic E-state index is -3.22. The van der Waals surface area contributed by atoms with Crippen molar-refractivity contribution in [2.75, 3.05) is 19.0 Å². The lowest BCUT2D eigenvalue weighted by Gasteiger charge is -2.34. The van der Waals surface area contributed by atoms with Gasteiger partial charge in [-0.1, -0.05) is 0 Å². The minimum Gasteiger partial charge on any atom is -0.381 e. The van der Waals surface area contributed by atoms with Crippen molar-refractivity contribution >= 4 is 10.0 Å². The van der Waals surface area contributed by atoms with Gasteiger partial charge < -0.3 is 10.1 Å². The van der Waals surface area contributed by atoms with Crippen molar-refractivity contribution in [3.8, 4) is 0 Å². The molecule has 5 nitrogen and oxygen atoms in total. The van der Waals surface area contributed by atoms with E-state index in [-0.39, 0.29) is 24.4 Å². The highest BCUT2D eigenvalue weighted by molar-refractivity contribution is 7.89. The van der Waals surface area contributed by atoms with E-state index >= 15 is 0 Å². The Labute approximate surface area is 104 Å². The van der Waals surface area contributed by atoms with Crippen molar-refractivity contribution in [1.82, 2.24) is 10.0 Å². The molecule has 2 N–H and O–H groups in total. The van der Waals surface area contributed by atoms with Crippen LogP contribution in [0.25, 0.3) is 0 Å². The molecule has 102 valence electrons. The van der Waals surface area contributed by atoms with Crippen LogP contribution in [-0.4, -0.2) is 45.5 Å². The van der Waals surface area contributed by atoms with Crippen LogP contribution < -0.4 is 10.0 Å². The molecule has 0 spiro atoms. The Morgan fingerprint density at radius 2 is 2.06 bits per heavy atom. The molecule has 0 bridgehead atoms. The fraction of sp³-hybridized carbons (Fsp3) is 1.00. The molecule has 0 radical (unpaired) electrons. The maximum atomic E-state index is 11.8. The zero-order valence-electron chi connectivity index (χ0n) is 10.9. The number of hydrogen-bond acceptors (Lipinski definition) is 4. The van der Waals surface area contributed by atoms with Gasteiger partial charge in [0.2, 0.25) is 10.0 Å². The highest BCUT2D eigenvalue weighted by Gasteiger charge is 2.27. The SMILES string of the molecule is CCOCCS(=O)(=O)NC1CCC(C)NC1C. The Balaban J connectivity index is 2.41. The molecule has 1 fully saturated rings. The lowest BCUT2D eigenvalue weighted by molar-refractivity contribution is 0.163. The van der Waals surface area contributed by atoms with E-state index in [1.165, 1.54) is 0 Å². The third-order valence-electron chi connectivity index (χ3n) is 3.09. The van der Waals surface area contributed by atoms with Crippen LogP contribution in [0.2, 0.25) is 0 Å². The first kappa shape index (κ1) is 14.9. The topological polar surface area (TPSA) is 67.4 Å². The van der Waals surface area contributed by atoms with E-state index in [1.807, 2.05) is 13.8 Å². The van der Waals surface area contributed by atoms with Crippen molar-refractivity contribution < 1.29 is 13.2 Å². The minimum absolute atomic E-state index is 0.00201. The monoisotopic (exact) mass is 264 g/mol. The van der Waals surface area contributed by atoms with Crippen LogP contribution in [0.15, 0.2) is 0 Å². The first-order chi connectivity index (χ1) is 7.94. The standard InChI is InChI=1S/C11H24N2O3S/c1-4-16-7-8-17(14,15)13-11-6-5-9(2)12-10(11)3/h9-13H,4-8H2,1-3H3. The van der Waals surface area contributed by atoms with E-state index in [2.05, 4.69) is 17.0 Å². The normalized spacial score (nSPS) is 30.4. The smallest absolute Gasteiger partial charge is 0.214 e. The second-order valence-corrected chi connectivity index (χ2v) is 6.55. The highest BCUT2D eigenvalue weighted by Crippen LogP contribution is 2.14. The summed E-state index contributed by atoms with van der Waals surface area (Å²) in [6.45, 7) is 6.81. The molecule has 0 aromatic carbocycles. The van der Waals surface area contributed by atoms with Crippen LogP contribution in [-0.2, 0) is 14.8 Å². The average molecular weight is 264 g/mol. The van der Waals surface area contributed by atoms with Crippen LogP contribution in [0.3, 0.4) is 0 Å². The van der Waals surface area contributed by atoms with Crippen molar-refractivity contribution in [3.63, 3.8) is 0 Å². The zero-order chi connectivity index (χ0) is 12.9. The first-order valence-corrected chi connectivity index (χ1v) is 7.93. The summed E-state index contributed by atoms with van der Waals surface area (Å²) in [5.41, 5.74) is 0. The molecular formula is C11H24N2O3S. The highest BCUT2D eigenvalue weighted by atomic mass is 32.2. The van der Waals surface area contributed by atoms with Crippen LogP contribution in [0, 0.1) is 0 Å². The Morgan fingerprint density at radius 3 is 2.65 bits per heavy atom. The van der Waals surface area contributed by atoms with Crippen molar-refractivity contribution in [2.45, 2.75) is 51.7 Å². The summed E-state index contributed by atoms with van der Waals surface area (Å²) in [5, 5.41) is 3.36. The number of ether oxygens (including phenoxy) is 1. The molecule has 1 saturated heterocycles. The van der Waals surface area contributed by atoms with Crippen LogP contribution in [0.4, 0.5) is 0 Å². The number of sulfonamides is 1. The van der Waals surface area contributed by atoms with E-state index in [0.717, 1.165) is 12.8 Å². The third-order valence-corrected chi connectivity index (χ3v) is 4.46. The first-order valence-electron chi connectivity index (χ1n) is 6.28. The summed E-state index contributed by atoms with van der Waals surface area (Å²) in [7, 11) is -3.22. The van der Waals surface area contributed by atoms with Gasteiger partial charge in [0.25, 0.3) is 0 Å². The van der Waals surface area contributed by atoms with Gasteiger partial charge in [0.15, 0.2) is 0 Å². The quantitative estimate of drug-likeness (QED) is 0.684. The molecule has 0 aliphatic carbocycles. The zero-order valence-corrected chi connectivity index (χ0v) is 11.7. The molecule has 0 saturated carbocycles. The van der Waals surface area contributed by atoms with E-state index in [4.69, 9.17) is 4.74 Å². The molecule has 0 aromatic rings. The van der Waals surface area contributed by atoms with Gasteiger partial charge in [0.05, 0.1) is 12.4 Å². The van der Waals surface area contributed by atoms with Crippen molar-refractivity contribution in [2.24, 2.45) is 0 Å². The molecular weight excluding hydrogens is 240 g/mol. The van der Waals surface area contributed by atoms with Gasteiger partial charge in [-0.2, -0.15) is 0 Å². The number of piperidine rings is 1. The summed E-state index contributed by atoms with van der Waals surface area (Å²) in [5.74, 6) is 0.0413. The molecule has 6 heteroatoms.